The van der Waals surface area contributed by atoms with E-state index in [-0.39, 0.29) is 29.6 Å². The molecule has 2 amide bonds. The number of nitrogens with zero attached hydrogens (tertiary/aromatic N) is 1. The Morgan fingerprint density at radius 1 is 1.09 bits per heavy atom. The van der Waals surface area contributed by atoms with Gasteiger partial charge in [0.1, 0.15) is 5.75 Å². The molecule has 1 atom stereocenters. The van der Waals surface area contributed by atoms with E-state index < -0.39 is 0 Å². The number of amides is 2. The number of fused-ring (bicyclic) bond motifs is 1. The van der Waals surface area contributed by atoms with Crippen LogP contribution < -0.4 is 10.1 Å². The second kappa shape index (κ2) is 9.29. The standard InChI is InChI=1S/C27H32N2O5/c1-27(11-12-27)17-33-26(31)29-13-9-20(10-14-29)25-32-16-22-15-21(7-8-23(22)34-25)18-3-5-19(6-4-18)24(30)28-2/h3-8,15,20,25H,9-14,16-17H2,1-2H3,(H,28,30). The van der Waals surface area contributed by atoms with E-state index in [0.717, 1.165) is 48.1 Å². The zero-order valence-electron chi connectivity index (χ0n) is 19.8. The minimum absolute atomic E-state index is 0.0971. The monoisotopic (exact) mass is 464 g/mol. The number of benzene rings is 2. The van der Waals surface area contributed by atoms with Gasteiger partial charge in [0.15, 0.2) is 0 Å². The SMILES string of the molecule is CNC(=O)c1ccc(-c2ccc3c(c2)COC(C2CCN(C(=O)OCC4(C)CC4)CC2)O3)cc1. The van der Waals surface area contributed by atoms with Gasteiger partial charge in [0.25, 0.3) is 5.91 Å². The highest BCUT2D eigenvalue weighted by molar-refractivity contribution is 5.94. The maximum atomic E-state index is 12.4. The molecule has 1 unspecified atom stereocenters. The third-order valence-electron chi connectivity index (χ3n) is 7.24. The molecule has 5 rings (SSSR count). The Bertz CT molecular complexity index is 1060. The number of hydrogen-bond acceptors (Lipinski definition) is 5. The van der Waals surface area contributed by atoms with Crippen LogP contribution in [0, 0.1) is 11.3 Å². The van der Waals surface area contributed by atoms with E-state index in [1.807, 2.05) is 36.4 Å². The van der Waals surface area contributed by atoms with E-state index in [2.05, 4.69) is 18.3 Å². The molecular formula is C27H32N2O5. The lowest BCUT2D eigenvalue weighted by atomic mass is 9.95. The molecule has 2 aliphatic heterocycles. The van der Waals surface area contributed by atoms with Gasteiger partial charge in [-0.2, -0.15) is 0 Å². The summed E-state index contributed by atoms with van der Waals surface area (Å²) >= 11 is 0. The van der Waals surface area contributed by atoms with Crippen LogP contribution in [0.15, 0.2) is 42.5 Å². The van der Waals surface area contributed by atoms with Crippen LogP contribution in [0.3, 0.4) is 0 Å². The quantitative estimate of drug-likeness (QED) is 0.700. The summed E-state index contributed by atoms with van der Waals surface area (Å²) in [6.07, 6.45) is 3.47. The normalized spacial score (nSPS) is 21.2. The molecule has 180 valence electrons. The Hall–Kier alpha value is -3.06. The molecule has 34 heavy (non-hydrogen) atoms. The largest absolute Gasteiger partial charge is 0.464 e. The van der Waals surface area contributed by atoms with Gasteiger partial charge < -0.3 is 24.4 Å². The van der Waals surface area contributed by atoms with Crippen LogP contribution in [-0.2, 0) is 16.1 Å². The molecule has 0 bridgehead atoms. The minimum Gasteiger partial charge on any atom is -0.464 e. The third kappa shape index (κ3) is 4.89. The van der Waals surface area contributed by atoms with Crippen molar-refractivity contribution in [1.29, 1.82) is 0 Å². The van der Waals surface area contributed by atoms with Gasteiger partial charge in [-0.3, -0.25) is 4.79 Å². The number of nitrogens with one attached hydrogen (secondary N) is 1. The minimum atomic E-state index is -0.297. The number of ether oxygens (including phenoxy) is 3. The summed E-state index contributed by atoms with van der Waals surface area (Å²) in [5.74, 6) is 0.997. The van der Waals surface area contributed by atoms with Crippen molar-refractivity contribution < 1.29 is 23.8 Å². The lowest BCUT2D eigenvalue weighted by molar-refractivity contribution is -0.148. The van der Waals surface area contributed by atoms with Gasteiger partial charge in [-0.1, -0.05) is 25.1 Å². The van der Waals surface area contributed by atoms with E-state index in [1.165, 1.54) is 0 Å². The maximum absolute atomic E-state index is 12.4. The number of hydrogen-bond donors (Lipinski definition) is 1. The molecule has 0 aromatic heterocycles. The Morgan fingerprint density at radius 3 is 2.47 bits per heavy atom. The van der Waals surface area contributed by atoms with Gasteiger partial charge in [-0.15, -0.1) is 0 Å². The Balaban J connectivity index is 1.16. The van der Waals surface area contributed by atoms with Crippen LogP contribution >= 0.6 is 0 Å². The second-order valence-electron chi connectivity index (χ2n) is 9.97. The smallest absolute Gasteiger partial charge is 0.409 e. The maximum Gasteiger partial charge on any atom is 0.409 e. The van der Waals surface area contributed by atoms with Gasteiger partial charge in [-0.25, -0.2) is 4.79 Å². The second-order valence-corrected chi connectivity index (χ2v) is 9.97. The molecule has 0 spiro atoms. The number of rotatable bonds is 5. The summed E-state index contributed by atoms with van der Waals surface area (Å²) < 4.78 is 17.8. The molecule has 7 nitrogen and oxygen atoms in total. The average Bonchev–Trinajstić information content (AvgIpc) is 3.63. The first-order chi connectivity index (χ1) is 16.4. The van der Waals surface area contributed by atoms with Crippen LogP contribution in [0.4, 0.5) is 4.79 Å². The number of likely N-dealkylation sites (tertiary alicyclic amines) is 1. The van der Waals surface area contributed by atoms with Crippen molar-refractivity contribution in [2.75, 3.05) is 26.7 Å². The van der Waals surface area contributed by atoms with Crippen molar-refractivity contribution in [3.63, 3.8) is 0 Å². The predicted molar refractivity (Wildman–Crippen MR) is 127 cm³/mol. The number of carbonyl (C=O) groups is 2. The molecule has 1 N–H and O–H groups in total. The van der Waals surface area contributed by atoms with Crippen LogP contribution in [0.1, 0.15) is 48.5 Å². The lowest BCUT2D eigenvalue weighted by Crippen LogP contribution is -2.44. The number of piperidine rings is 1. The van der Waals surface area contributed by atoms with Crippen LogP contribution in [0.5, 0.6) is 5.75 Å². The molecule has 7 heteroatoms. The molecule has 2 fully saturated rings. The first-order valence-electron chi connectivity index (χ1n) is 12.1. The highest BCUT2D eigenvalue weighted by atomic mass is 16.7. The van der Waals surface area contributed by atoms with E-state index >= 15 is 0 Å². The summed E-state index contributed by atoms with van der Waals surface area (Å²) in [7, 11) is 1.63. The molecule has 3 aliphatic rings. The van der Waals surface area contributed by atoms with Crippen LogP contribution in [-0.4, -0.2) is 49.9 Å². The Kier molecular flexibility index (Phi) is 6.21. The fraction of sp³-hybridized carbons (Fsp3) is 0.481. The van der Waals surface area contributed by atoms with Gasteiger partial charge >= 0.3 is 6.09 Å². The summed E-state index contributed by atoms with van der Waals surface area (Å²) in [4.78, 5) is 25.9. The third-order valence-corrected chi connectivity index (χ3v) is 7.24. The van der Waals surface area contributed by atoms with E-state index in [9.17, 15) is 9.59 Å². The summed E-state index contributed by atoms with van der Waals surface area (Å²) in [5, 5.41) is 2.64. The average molecular weight is 465 g/mol. The Morgan fingerprint density at radius 2 is 1.79 bits per heavy atom. The zero-order chi connectivity index (χ0) is 23.7. The van der Waals surface area contributed by atoms with Gasteiger partial charge in [0, 0.05) is 42.6 Å². The van der Waals surface area contributed by atoms with Crippen molar-refractivity contribution in [2.24, 2.45) is 11.3 Å². The van der Waals surface area contributed by atoms with Gasteiger partial charge in [-0.05, 0) is 61.1 Å². The number of carbonyl (C=O) groups excluding carboxylic acids is 2. The molecular weight excluding hydrogens is 432 g/mol. The topological polar surface area (TPSA) is 77.1 Å². The summed E-state index contributed by atoms with van der Waals surface area (Å²) in [6.45, 7) is 4.51. The molecule has 2 heterocycles. The molecule has 2 aromatic rings. The van der Waals surface area contributed by atoms with Crippen molar-refractivity contribution in [3.8, 4) is 16.9 Å². The summed E-state index contributed by atoms with van der Waals surface area (Å²) in [5.41, 5.74) is 3.95. The Labute approximate surface area is 200 Å². The first-order valence-corrected chi connectivity index (χ1v) is 12.1. The van der Waals surface area contributed by atoms with Crippen LogP contribution in [0.25, 0.3) is 11.1 Å². The van der Waals surface area contributed by atoms with E-state index in [0.29, 0.717) is 31.9 Å². The molecule has 2 aromatic carbocycles. The van der Waals surface area contributed by atoms with E-state index in [4.69, 9.17) is 14.2 Å². The van der Waals surface area contributed by atoms with Crippen molar-refractivity contribution in [2.45, 2.75) is 45.5 Å². The fourth-order valence-corrected chi connectivity index (χ4v) is 4.55. The van der Waals surface area contributed by atoms with Crippen molar-refractivity contribution >= 4 is 12.0 Å². The van der Waals surface area contributed by atoms with E-state index in [1.54, 1.807) is 11.9 Å². The van der Waals surface area contributed by atoms with Gasteiger partial charge in [0.05, 0.1) is 13.2 Å². The van der Waals surface area contributed by atoms with Gasteiger partial charge in [0.2, 0.25) is 6.29 Å². The molecule has 1 saturated carbocycles. The van der Waals surface area contributed by atoms with Crippen molar-refractivity contribution in [1.82, 2.24) is 10.2 Å². The summed E-state index contributed by atoms with van der Waals surface area (Å²) in [6, 6.07) is 13.7. The highest BCUT2D eigenvalue weighted by Gasteiger charge is 2.39. The predicted octanol–water partition coefficient (Wildman–Crippen LogP) is 4.60. The lowest BCUT2D eigenvalue weighted by Gasteiger charge is -2.37. The molecule has 1 aliphatic carbocycles. The highest BCUT2D eigenvalue weighted by Crippen LogP contribution is 2.45. The fourth-order valence-electron chi connectivity index (χ4n) is 4.55. The van der Waals surface area contributed by atoms with Crippen molar-refractivity contribution in [3.05, 3.63) is 53.6 Å². The molecule has 1 saturated heterocycles. The van der Waals surface area contributed by atoms with Crippen LogP contribution in [0.2, 0.25) is 0 Å². The molecule has 0 radical (unpaired) electrons. The first kappa shape index (κ1) is 22.7. The zero-order valence-corrected chi connectivity index (χ0v) is 19.8.